The van der Waals surface area contributed by atoms with Gasteiger partial charge in [0, 0.05) is 24.4 Å². The van der Waals surface area contributed by atoms with Gasteiger partial charge in [-0.1, -0.05) is 17.7 Å². The Balaban J connectivity index is 1.47. The number of hydrogen-bond acceptors (Lipinski definition) is 4. The van der Waals surface area contributed by atoms with Crippen molar-refractivity contribution in [3.63, 3.8) is 0 Å². The second kappa shape index (κ2) is 7.95. The third kappa shape index (κ3) is 4.34. The summed E-state index contributed by atoms with van der Waals surface area (Å²) in [6.07, 6.45) is 1.69. The first kappa shape index (κ1) is 16.5. The Bertz CT molecular complexity index is 793. The van der Waals surface area contributed by atoms with E-state index in [1.165, 1.54) is 6.07 Å². The minimum absolute atomic E-state index is 0.0789. The molecule has 3 aromatic rings. The highest BCUT2D eigenvalue weighted by molar-refractivity contribution is 6.31. The van der Waals surface area contributed by atoms with E-state index in [4.69, 9.17) is 20.8 Å². The molecule has 1 aromatic carbocycles. The highest BCUT2D eigenvalue weighted by Crippen LogP contribution is 2.26. The van der Waals surface area contributed by atoms with E-state index in [-0.39, 0.29) is 5.02 Å². The van der Waals surface area contributed by atoms with E-state index in [2.05, 4.69) is 10.3 Å². The van der Waals surface area contributed by atoms with Crippen LogP contribution in [0.5, 0.6) is 5.88 Å². The lowest BCUT2D eigenvalue weighted by Gasteiger charge is -2.05. The van der Waals surface area contributed by atoms with Gasteiger partial charge < -0.3 is 14.5 Å². The van der Waals surface area contributed by atoms with Gasteiger partial charge in [-0.05, 0) is 36.4 Å². The van der Waals surface area contributed by atoms with Gasteiger partial charge in [-0.15, -0.1) is 0 Å². The molecular weight excluding hydrogens is 331 g/mol. The maximum Gasteiger partial charge on any atom is 0.213 e. The molecule has 0 radical (unpaired) electrons. The number of hydrogen-bond donors (Lipinski definition) is 1. The molecule has 0 fully saturated rings. The summed E-state index contributed by atoms with van der Waals surface area (Å²) in [6.45, 7) is 1.74. The zero-order valence-corrected chi connectivity index (χ0v) is 13.6. The number of nitrogens with one attached hydrogen (secondary N) is 1. The topological polar surface area (TPSA) is 47.3 Å². The average Bonchev–Trinajstić information content (AvgIpc) is 3.07. The molecule has 1 N–H and O–H groups in total. The number of ether oxygens (including phenoxy) is 1. The van der Waals surface area contributed by atoms with Crippen molar-refractivity contribution >= 4 is 11.6 Å². The van der Waals surface area contributed by atoms with Gasteiger partial charge in [0.15, 0.2) is 0 Å². The van der Waals surface area contributed by atoms with E-state index in [1.54, 1.807) is 18.3 Å². The fraction of sp³-hybridized carbons (Fsp3) is 0.167. The molecule has 0 spiro atoms. The predicted octanol–water partition coefficient (Wildman–Crippen LogP) is 4.30. The molecule has 0 aliphatic rings. The van der Waals surface area contributed by atoms with Crippen molar-refractivity contribution in [2.75, 3.05) is 13.2 Å². The molecule has 0 saturated heterocycles. The molecule has 4 nitrogen and oxygen atoms in total. The lowest BCUT2D eigenvalue weighted by atomic mass is 10.2. The Morgan fingerprint density at radius 2 is 2.08 bits per heavy atom. The van der Waals surface area contributed by atoms with Gasteiger partial charge in [0.1, 0.15) is 23.9 Å². The number of benzene rings is 1. The fourth-order valence-electron chi connectivity index (χ4n) is 2.15. The molecule has 0 saturated carbocycles. The second-order valence-electron chi connectivity index (χ2n) is 5.09. The van der Waals surface area contributed by atoms with Gasteiger partial charge in [0.25, 0.3) is 0 Å². The molecule has 0 atom stereocenters. The van der Waals surface area contributed by atoms with Crippen LogP contribution < -0.4 is 10.1 Å². The molecular formula is C18H16ClFN2O2. The van der Waals surface area contributed by atoms with Crippen molar-refractivity contribution < 1.29 is 13.5 Å². The van der Waals surface area contributed by atoms with Gasteiger partial charge >= 0.3 is 0 Å². The SMILES string of the molecule is Fc1ccc(-c2ccc(CNCCOc3ccccn3)o2)cc1Cl. The molecule has 2 heterocycles. The van der Waals surface area contributed by atoms with Crippen molar-refractivity contribution in [2.24, 2.45) is 0 Å². The highest BCUT2D eigenvalue weighted by Gasteiger charge is 2.07. The highest BCUT2D eigenvalue weighted by atomic mass is 35.5. The number of rotatable bonds is 7. The van der Waals surface area contributed by atoms with Crippen LogP contribution in [0.1, 0.15) is 5.76 Å². The molecule has 0 aliphatic heterocycles. The Kier molecular flexibility index (Phi) is 5.46. The molecule has 0 bridgehead atoms. The average molecular weight is 347 g/mol. The number of halogens is 2. The van der Waals surface area contributed by atoms with Crippen LogP contribution >= 0.6 is 11.6 Å². The number of pyridine rings is 1. The molecule has 24 heavy (non-hydrogen) atoms. The van der Waals surface area contributed by atoms with E-state index in [9.17, 15) is 4.39 Å². The van der Waals surface area contributed by atoms with Gasteiger partial charge in [-0.3, -0.25) is 0 Å². The smallest absolute Gasteiger partial charge is 0.213 e. The summed E-state index contributed by atoms with van der Waals surface area (Å²) in [5, 5.41) is 3.30. The quantitative estimate of drug-likeness (QED) is 0.648. The van der Waals surface area contributed by atoms with Crippen molar-refractivity contribution in [3.8, 4) is 17.2 Å². The normalized spacial score (nSPS) is 10.8. The van der Waals surface area contributed by atoms with Crippen LogP contribution in [-0.2, 0) is 6.54 Å². The third-order valence-electron chi connectivity index (χ3n) is 3.33. The van der Waals surface area contributed by atoms with Crippen LogP contribution in [0.3, 0.4) is 0 Å². The van der Waals surface area contributed by atoms with E-state index in [1.807, 2.05) is 30.3 Å². The van der Waals surface area contributed by atoms with Crippen LogP contribution in [0.4, 0.5) is 4.39 Å². The first-order chi connectivity index (χ1) is 11.7. The number of aromatic nitrogens is 1. The summed E-state index contributed by atoms with van der Waals surface area (Å²) in [5.74, 6) is 1.59. The first-order valence-electron chi connectivity index (χ1n) is 7.51. The van der Waals surface area contributed by atoms with Gasteiger partial charge in [0.05, 0.1) is 11.6 Å². The zero-order valence-electron chi connectivity index (χ0n) is 12.8. The van der Waals surface area contributed by atoms with Crippen molar-refractivity contribution in [1.82, 2.24) is 10.3 Å². The largest absolute Gasteiger partial charge is 0.476 e. The van der Waals surface area contributed by atoms with Crippen LogP contribution in [0.2, 0.25) is 5.02 Å². The van der Waals surface area contributed by atoms with E-state index >= 15 is 0 Å². The molecule has 0 aliphatic carbocycles. The second-order valence-corrected chi connectivity index (χ2v) is 5.50. The molecule has 3 rings (SSSR count). The maximum absolute atomic E-state index is 13.2. The Morgan fingerprint density at radius 3 is 2.88 bits per heavy atom. The molecule has 6 heteroatoms. The standard InChI is InChI=1S/C18H16ClFN2O2/c19-15-11-13(4-6-16(15)20)17-7-5-14(24-17)12-21-9-10-23-18-3-1-2-8-22-18/h1-8,11,21H,9-10,12H2. The van der Waals surface area contributed by atoms with Gasteiger partial charge in [-0.2, -0.15) is 0 Å². The van der Waals surface area contributed by atoms with Crippen molar-refractivity contribution in [3.05, 3.63) is 71.3 Å². The molecule has 124 valence electrons. The minimum Gasteiger partial charge on any atom is -0.476 e. The van der Waals surface area contributed by atoms with Crippen molar-refractivity contribution in [2.45, 2.75) is 6.54 Å². The van der Waals surface area contributed by atoms with Crippen LogP contribution in [0.15, 0.2) is 59.1 Å². The van der Waals surface area contributed by atoms with E-state index in [0.29, 0.717) is 31.3 Å². The van der Waals surface area contributed by atoms with Crippen LogP contribution in [0.25, 0.3) is 11.3 Å². The summed E-state index contributed by atoms with van der Waals surface area (Å²) in [4.78, 5) is 4.08. The third-order valence-corrected chi connectivity index (χ3v) is 3.62. The monoisotopic (exact) mass is 346 g/mol. The molecule has 0 unspecified atom stereocenters. The summed E-state index contributed by atoms with van der Waals surface area (Å²) in [5.41, 5.74) is 0.742. The Labute approximate surface area is 144 Å². The predicted molar refractivity (Wildman–Crippen MR) is 90.6 cm³/mol. The molecule has 2 aromatic heterocycles. The first-order valence-corrected chi connectivity index (χ1v) is 7.89. The summed E-state index contributed by atoms with van der Waals surface area (Å²) < 4.78 is 24.4. The minimum atomic E-state index is -0.443. The number of nitrogens with zero attached hydrogens (tertiary/aromatic N) is 1. The number of furan rings is 1. The lowest BCUT2D eigenvalue weighted by molar-refractivity contribution is 0.300. The Morgan fingerprint density at radius 1 is 1.17 bits per heavy atom. The summed E-state index contributed by atoms with van der Waals surface area (Å²) >= 11 is 5.79. The summed E-state index contributed by atoms with van der Waals surface area (Å²) in [7, 11) is 0. The van der Waals surface area contributed by atoms with Crippen LogP contribution in [-0.4, -0.2) is 18.1 Å². The van der Waals surface area contributed by atoms with Gasteiger partial charge in [-0.25, -0.2) is 9.37 Å². The lowest BCUT2D eigenvalue weighted by Crippen LogP contribution is -2.20. The maximum atomic E-state index is 13.2. The van der Waals surface area contributed by atoms with Crippen LogP contribution in [0, 0.1) is 5.82 Å². The van der Waals surface area contributed by atoms with Gasteiger partial charge in [0.2, 0.25) is 5.88 Å². The van der Waals surface area contributed by atoms with Crippen molar-refractivity contribution in [1.29, 1.82) is 0 Å². The van der Waals surface area contributed by atoms with E-state index in [0.717, 1.165) is 11.3 Å². The summed E-state index contributed by atoms with van der Waals surface area (Å²) in [6, 6.07) is 13.8. The Hall–Kier alpha value is -2.37. The zero-order chi connectivity index (χ0) is 16.8. The fourth-order valence-corrected chi connectivity index (χ4v) is 2.33. The molecule has 0 amide bonds. The van der Waals surface area contributed by atoms with E-state index < -0.39 is 5.82 Å².